The third-order valence-electron chi connectivity index (χ3n) is 5.86. The summed E-state index contributed by atoms with van der Waals surface area (Å²) in [4.78, 5) is 22.8. The molecule has 4 heterocycles. The number of carbonyl (C=O) groups is 1. The smallest absolute Gasteiger partial charge is 0.312 e. The summed E-state index contributed by atoms with van der Waals surface area (Å²) in [5.74, 6) is 1.32. The minimum Gasteiger partial charge on any atom is -0.458 e. The van der Waals surface area contributed by atoms with Crippen LogP contribution in [-0.4, -0.2) is 37.5 Å². The van der Waals surface area contributed by atoms with Crippen molar-refractivity contribution in [2.24, 2.45) is 0 Å². The fraction of sp³-hybridized carbons (Fsp3) is 0.333. The van der Waals surface area contributed by atoms with Crippen LogP contribution in [0.2, 0.25) is 0 Å². The fourth-order valence-corrected chi connectivity index (χ4v) is 4.15. The molecule has 1 aromatic carbocycles. The molecule has 8 heteroatoms. The van der Waals surface area contributed by atoms with Crippen LogP contribution < -0.4 is 0 Å². The molecule has 0 radical (unpaired) electrons. The van der Waals surface area contributed by atoms with E-state index in [1.165, 1.54) is 0 Å². The van der Waals surface area contributed by atoms with Gasteiger partial charge in [0.1, 0.15) is 17.4 Å². The van der Waals surface area contributed by atoms with Gasteiger partial charge in [-0.3, -0.25) is 4.79 Å². The zero-order valence-corrected chi connectivity index (χ0v) is 15.9. The van der Waals surface area contributed by atoms with Crippen LogP contribution >= 0.6 is 0 Å². The molecule has 1 amide bonds. The van der Waals surface area contributed by atoms with Gasteiger partial charge in [-0.05, 0) is 25.8 Å². The van der Waals surface area contributed by atoms with Gasteiger partial charge in [0.2, 0.25) is 5.89 Å². The van der Waals surface area contributed by atoms with E-state index < -0.39 is 6.04 Å². The van der Waals surface area contributed by atoms with E-state index in [4.69, 9.17) is 8.83 Å². The monoisotopic (exact) mass is 389 g/mol. The second kappa shape index (κ2) is 6.04. The summed E-state index contributed by atoms with van der Waals surface area (Å²) < 4.78 is 11.9. The number of nitrogens with one attached hydrogen (secondary N) is 1. The first-order valence-electron chi connectivity index (χ1n) is 9.85. The second-order valence-corrected chi connectivity index (χ2v) is 7.72. The van der Waals surface area contributed by atoms with Crippen LogP contribution in [-0.2, 0) is 6.42 Å². The van der Waals surface area contributed by atoms with Crippen molar-refractivity contribution in [3.63, 3.8) is 0 Å². The van der Waals surface area contributed by atoms with Gasteiger partial charge in [0, 0.05) is 35.5 Å². The van der Waals surface area contributed by atoms with Crippen LogP contribution in [0, 0.1) is 6.92 Å². The number of fused-ring (bicyclic) bond motifs is 2. The van der Waals surface area contributed by atoms with E-state index in [0.29, 0.717) is 24.8 Å². The highest BCUT2D eigenvalue weighted by Gasteiger charge is 2.40. The van der Waals surface area contributed by atoms with Gasteiger partial charge in [0.05, 0.1) is 12.0 Å². The summed E-state index contributed by atoms with van der Waals surface area (Å²) in [6.45, 7) is 2.53. The van der Waals surface area contributed by atoms with Crippen molar-refractivity contribution >= 4 is 16.9 Å². The molecule has 1 saturated carbocycles. The van der Waals surface area contributed by atoms with Crippen molar-refractivity contribution < 1.29 is 13.6 Å². The first-order valence-corrected chi connectivity index (χ1v) is 9.85. The number of aromatic amines is 1. The van der Waals surface area contributed by atoms with Crippen LogP contribution in [0.3, 0.4) is 0 Å². The Morgan fingerprint density at radius 3 is 2.90 bits per heavy atom. The first-order chi connectivity index (χ1) is 14.2. The van der Waals surface area contributed by atoms with Crippen LogP contribution in [0.5, 0.6) is 0 Å². The quantitative estimate of drug-likeness (QED) is 0.575. The zero-order valence-electron chi connectivity index (χ0n) is 15.9. The molecule has 1 N–H and O–H groups in total. The lowest BCUT2D eigenvalue weighted by atomic mass is 9.97. The molecule has 8 nitrogen and oxygen atoms in total. The average Bonchev–Trinajstić information content (AvgIpc) is 3.16. The maximum absolute atomic E-state index is 13.3. The van der Waals surface area contributed by atoms with Gasteiger partial charge in [-0.2, -0.15) is 0 Å². The Labute approximate surface area is 165 Å². The molecular weight excluding hydrogens is 370 g/mol. The Bertz CT molecular complexity index is 1230. The van der Waals surface area contributed by atoms with E-state index in [-0.39, 0.29) is 11.8 Å². The summed E-state index contributed by atoms with van der Waals surface area (Å²) in [7, 11) is 0. The van der Waals surface area contributed by atoms with Crippen LogP contribution in [0.25, 0.3) is 11.0 Å². The summed E-state index contributed by atoms with van der Waals surface area (Å²) in [6.07, 6.45) is 4.43. The molecule has 0 unspecified atom stereocenters. The number of para-hydroxylation sites is 1. The molecule has 1 aliphatic carbocycles. The molecule has 1 aliphatic heterocycles. The first kappa shape index (κ1) is 16.5. The highest BCUT2D eigenvalue weighted by Crippen LogP contribution is 2.41. The molecule has 146 valence electrons. The van der Waals surface area contributed by atoms with Crippen molar-refractivity contribution in [1.29, 1.82) is 0 Å². The maximum Gasteiger partial charge on any atom is 0.312 e. The maximum atomic E-state index is 13.3. The Balaban J connectivity index is 1.46. The van der Waals surface area contributed by atoms with Gasteiger partial charge in [-0.1, -0.05) is 18.2 Å². The number of hydrogen-bond acceptors (Lipinski definition) is 6. The minimum absolute atomic E-state index is 0.0321. The molecular formula is C21H19N5O3. The highest BCUT2D eigenvalue weighted by atomic mass is 16.4. The molecule has 3 aromatic heterocycles. The molecule has 2 aliphatic rings. The van der Waals surface area contributed by atoms with Crippen LogP contribution in [0.15, 0.2) is 39.4 Å². The standard InChI is InChI=1S/C21H19N5O3/c1-11-13-4-2-3-5-15(13)28-18(11)17-16-14(22-10-23-16)8-9-26(17)21(27)20-25-24-19(29-20)12-6-7-12/h2-5,10,12,17H,6-9H2,1H3,(H,22,23)/t17-/m1/s1. The Morgan fingerprint density at radius 1 is 1.21 bits per heavy atom. The molecule has 29 heavy (non-hydrogen) atoms. The zero-order chi connectivity index (χ0) is 19.5. The highest BCUT2D eigenvalue weighted by molar-refractivity contribution is 5.90. The summed E-state index contributed by atoms with van der Waals surface area (Å²) in [5, 5.41) is 9.13. The number of hydrogen-bond donors (Lipinski definition) is 1. The molecule has 4 aromatic rings. The van der Waals surface area contributed by atoms with E-state index >= 15 is 0 Å². The van der Waals surface area contributed by atoms with Crippen molar-refractivity contribution in [3.05, 3.63) is 65.1 Å². The third-order valence-corrected chi connectivity index (χ3v) is 5.86. The SMILES string of the molecule is Cc1c([C@H]2c3nc[nH]c3CCN2C(=O)c2nnc(C3CC3)o2)oc2ccccc12. The van der Waals surface area contributed by atoms with E-state index in [9.17, 15) is 4.79 Å². The van der Waals surface area contributed by atoms with E-state index in [1.54, 1.807) is 11.2 Å². The van der Waals surface area contributed by atoms with Crippen molar-refractivity contribution in [2.75, 3.05) is 6.54 Å². The van der Waals surface area contributed by atoms with E-state index in [2.05, 4.69) is 20.2 Å². The van der Waals surface area contributed by atoms with Crippen molar-refractivity contribution in [3.8, 4) is 0 Å². The van der Waals surface area contributed by atoms with Crippen molar-refractivity contribution in [1.82, 2.24) is 25.1 Å². The largest absolute Gasteiger partial charge is 0.458 e. The number of imidazole rings is 1. The lowest BCUT2D eigenvalue weighted by Gasteiger charge is -2.33. The number of rotatable bonds is 3. The van der Waals surface area contributed by atoms with Gasteiger partial charge in [-0.15, -0.1) is 10.2 Å². The average molecular weight is 389 g/mol. The summed E-state index contributed by atoms with van der Waals surface area (Å²) >= 11 is 0. The topological polar surface area (TPSA) is 101 Å². The fourth-order valence-electron chi connectivity index (χ4n) is 4.15. The van der Waals surface area contributed by atoms with Gasteiger partial charge in [0.15, 0.2) is 0 Å². The van der Waals surface area contributed by atoms with E-state index in [1.807, 2.05) is 31.2 Å². The molecule has 1 fully saturated rings. The number of nitrogens with zero attached hydrogens (tertiary/aromatic N) is 4. The third kappa shape index (κ3) is 2.52. The summed E-state index contributed by atoms with van der Waals surface area (Å²) in [6, 6.07) is 7.44. The number of aryl methyl sites for hydroxylation is 1. The van der Waals surface area contributed by atoms with Gasteiger partial charge in [-0.25, -0.2) is 4.98 Å². The number of benzene rings is 1. The van der Waals surface area contributed by atoms with Gasteiger partial charge < -0.3 is 18.7 Å². The van der Waals surface area contributed by atoms with Gasteiger partial charge in [0.25, 0.3) is 0 Å². The molecule has 1 atom stereocenters. The molecule has 0 saturated heterocycles. The van der Waals surface area contributed by atoms with E-state index in [0.717, 1.165) is 46.5 Å². The number of H-pyrrole nitrogens is 1. The second-order valence-electron chi connectivity index (χ2n) is 7.72. The number of amides is 1. The molecule has 0 spiro atoms. The molecule has 6 rings (SSSR count). The van der Waals surface area contributed by atoms with Crippen LogP contribution in [0.1, 0.15) is 64.1 Å². The Hall–Kier alpha value is -3.42. The van der Waals surface area contributed by atoms with Crippen molar-refractivity contribution in [2.45, 2.75) is 38.1 Å². The Kier molecular flexibility index (Phi) is 3.44. The number of furan rings is 1. The molecule has 0 bridgehead atoms. The summed E-state index contributed by atoms with van der Waals surface area (Å²) in [5.41, 5.74) is 3.61. The predicted octanol–water partition coefficient (Wildman–Crippen LogP) is 3.51. The minimum atomic E-state index is -0.443. The normalized spacial score (nSPS) is 18.9. The lowest BCUT2D eigenvalue weighted by Crippen LogP contribution is -2.41. The lowest BCUT2D eigenvalue weighted by molar-refractivity contribution is 0.0629. The van der Waals surface area contributed by atoms with Gasteiger partial charge >= 0.3 is 11.8 Å². The Morgan fingerprint density at radius 2 is 2.07 bits per heavy atom. The van der Waals surface area contributed by atoms with Crippen LogP contribution in [0.4, 0.5) is 0 Å². The predicted molar refractivity (Wildman–Crippen MR) is 102 cm³/mol. The number of aromatic nitrogens is 4. The number of carbonyl (C=O) groups excluding carboxylic acids is 1.